The summed E-state index contributed by atoms with van der Waals surface area (Å²) in [4.78, 5) is 20.0. The summed E-state index contributed by atoms with van der Waals surface area (Å²) in [5, 5.41) is 8.90. The van der Waals surface area contributed by atoms with Gasteiger partial charge in [0, 0.05) is 17.6 Å². The van der Waals surface area contributed by atoms with E-state index in [-0.39, 0.29) is 11.9 Å². The number of pyridine rings is 1. The van der Waals surface area contributed by atoms with Gasteiger partial charge in [0.1, 0.15) is 17.7 Å². The molecule has 5 aromatic rings. The van der Waals surface area contributed by atoms with Crippen LogP contribution in [0.3, 0.4) is 0 Å². The SMILES string of the molecule is CC(Nc1ncnc2nc[nH]c12)c1nn(-c2ccccn2)c2cc(F)ccc12. The van der Waals surface area contributed by atoms with Crippen LogP contribution < -0.4 is 5.32 Å². The second kappa shape index (κ2) is 6.38. The molecule has 1 unspecified atom stereocenters. The Morgan fingerprint density at radius 1 is 1.11 bits per heavy atom. The minimum Gasteiger partial charge on any atom is -0.360 e. The van der Waals surface area contributed by atoms with Crippen molar-refractivity contribution < 1.29 is 4.39 Å². The van der Waals surface area contributed by atoms with Gasteiger partial charge in [-0.25, -0.2) is 29.0 Å². The van der Waals surface area contributed by atoms with Gasteiger partial charge in [0.05, 0.1) is 23.6 Å². The van der Waals surface area contributed by atoms with Crippen LogP contribution in [-0.4, -0.2) is 34.7 Å². The van der Waals surface area contributed by atoms with Crippen molar-refractivity contribution in [2.75, 3.05) is 5.32 Å². The number of imidazole rings is 1. The number of anilines is 1. The molecule has 0 saturated heterocycles. The van der Waals surface area contributed by atoms with Crippen molar-refractivity contribution in [2.24, 2.45) is 0 Å². The molecule has 28 heavy (non-hydrogen) atoms. The number of nitrogens with zero attached hydrogens (tertiary/aromatic N) is 6. The van der Waals surface area contributed by atoms with Crippen molar-refractivity contribution in [3.05, 3.63) is 66.8 Å². The molecule has 0 spiro atoms. The Morgan fingerprint density at radius 3 is 2.89 bits per heavy atom. The summed E-state index contributed by atoms with van der Waals surface area (Å²) in [7, 11) is 0. The molecule has 0 saturated carbocycles. The van der Waals surface area contributed by atoms with Gasteiger partial charge in [0.15, 0.2) is 17.3 Å². The van der Waals surface area contributed by atoms with Crippen LogP contribution in [0.2, 0.25) is 0 Å². The number of H-pyrrole nitrogens is 1. The van der Waals surface area contributed by atoms with Crippen LogP contribution in [0, 0.1) is 5.82 Å². The molecule has 1 aromatic carbocycles. The highest BCUT2D eigenvalue weighted by Gasteiger charge is 2.19. The predicted molar refractivity (Wildman–Crippen MR) is 103 cm³/mol. The molecule has 0 fully saturated rings. The molecule has 9 heteroatoms. The van der Waals surface area contributed by atoms with Crippen molar-refractivity contribution >= 4 is 27.9 Å². The molecule has 5 rings (SSSR count). The van der Waals surface area contributed by atoms with Crippen LogP contribution in [0.5, 0.6) is 0 Å². The molecule has 4 heterocycles. The Balaban J connectivity index is 1.61. The Hall–Kier alpha value is -3.88. The number of benzene rings is 1. The minimum absolute atomic E-state index is 0.209. The quantitative estimate of drug-likeness (QED) is 0.500. The Morgan fingerprint density at radius 2 is 2.04 bits per heavy atom. The van der Waals surface area contributed by atoms with Crippen molar-refractivity contribution in [3.63, 3.8) is 0 Å². The molecule has 0 radical (unpaired) electrons. The first kappa shape index (κ1) is 16.3. The average molecular weight is 374 g/mol. The van der Waals surface area contributed by atoms with Crippen molar-refractivity contribution in [1.29, 1.82) is 0 Å². The van der Waals surface area contributed by atoms with E-state index < -0.39 is 0 Å². The fourth-order valence-corrected chi connectivity index (χ4v) is 3.23. The first-order valence-corrected chi connectivity index (χ1v) is 8.71. The third-order valence-electron chi connectivity index (χ3n) is 4.52. The summed E-state index contributed by atoms with van der Waals surface area (Å²) in [5.74, 6) is 0.916. The van der Waals surface area contributed by atoms with Gasteiger partial charge in [-0.3, -0.25) is 0 Å². The van der Waals surface area contributed by atoms with E-state index in [4.69, 9.17) is 5.10 Å². The van der Waals surface area contributed by atoms with Gasteiger partial charge in [-0.15, -0.1) is 0 Å². The van der Waals surface area contributed by atoms with Gasteiger partial charge in [0.25, 0.3) is 0 Å². The van der Waals surface area contributed by atoms with Crippen LogP contribution in [-0.2, 0) is 0 Å². The molecule has 0 aliphatic rings. The summed E-state index contributed by atoms with van der Waals surface area (Å²) in [6.45, 7) is 1.97. The Kier molecular flexibility index (Phi) is 3.71. The van der Waals surface area contributed by atoms with Gasteiger partial charge in [-0.2, -0.15) is 5.10 Å². The fraction of sp³-hybridized carbons (Fsp3) is 0.105. The fourth-order valence-electron chi connectivity index (χ4n) is 3.23. The number of fused-ring (bicyclic) bond motifs is 2. The summed E-state index contributed by atoms with van der Waals surface area (Å²) in [5.41, 5.74) is 2.70. The zero-order chi connectivity index (χ0) is 19.1. The summed E-state index contributed by atoms with van der Waals surface area (Å²) in [6.07, 6.45) is 4.71. The zero-order valence-corrected chi connectivity index (χ0v) is 14.8. The molecule has 1 atom stereocenters. The van der Waals surface area contributed by atoms with Crippen LogP contribution in [0.15, 0.2) is 55.2 Å². The van der Waals surface area contributed by atoms with Gasteiger partial charge in [-0.05, 0) is 31.2 Å². The summed E-state index contributed by atoms with van der Waals surface area (Å²) < 4.78 is 15.6. The highest BCUT2D eigenvalue weighted by atomic mass is 19.1. The van der Waals surface area contributed by atoms with E-state index in [0.29, 0.717) is 28.3 Å². The van der Waals surface area contributed by atoms with Gasteiger partial charge in [-0.1, -0.05) is 6.07 Å². The molecule has 0 aliphatic carbocycles. The average Bonchev–Trinajstić information content (AvgIpc) is 3.33. The highest BCUT2D eigenvalue weighted by Crippen LogP contribution is 2.29. The van der Waals surface area contributed by atoms with Crippen molar-refractivity contribution in [1.82, 2.24) is 34.7 Å². The van der Waals surface area contributed by atoms with Crippen LogP contribution in [0.25, 0.3) is 27.9 Å². The monoisotopic (exact) mass is 374 g/mol. The van der Waals surface area contributed by atoms with Crippen LogP contribution >= 0.6 is 0 Å². The smallest absolute Gasteiger partial charge is 0.182 e. The summed E-state index contributed by atoms with van der Waals surface area (Å²) >= 11 is 0. The lowest BCUT2D eigenvalue weighted by Crippen LogP contribution is -2.10. The normalized spacial score (nSPS) is 12.5. The van der Waals surface area contributed by atoms with Crippen LogP contribution in [0.1, 0.15) is 18.7 Å². The second-order valence-electron chi connectivity index (χ2n) is 6.34. The third-order valence-corrected chi connectivity index (χ3v) is 4.52. The lowest BCUT2D eigenvalue weighted by atomic mass is 10.1. The van der Waals surface area contributed by atoms with E-state index in [9.17, 15) is 4.39 Å². The van der Waals surface area contributed by atoms with Gasteiger partial charge in [0.2, 0.25) is 0 Å². The maximum atomic E-state index is 13.9. The Labute approximate surface area is 158 Å². The Bertz CT molecular complexity index is 1280. The molecule has 0 bridgehead atoms. The first-order valence-electron chi connectivity index (χ1n) is 8.71. The minimum atomic E-state index is -0.327. The number of nitrogens with one attached hydrogen (secondary N) is 2. The topological polar surface area (TPSA) is 97.2 Å². The molecule has 4 aromatic heterocycles. The molecule has 138 valence electrons. The molecule has 0 amide bonds. The van der Waals surface area contributed by atoms with Gasteiger partial charge >= 0.3 is 0 Å². The van der Waals surface area contributed by atoms with E-state index in [2.05, 4.69) is 30.2 Å². The lowest BCUT2D eigenvalue weighted by Gasteiger charge is -2.13. The molecular formula is C19H15FN8. The zero-order valence-electron chi connectivity index (χ0n) is 14.8. The lowest BCUT2D eigenvalue weighted by molar-refractivity contribution is 0.629. The van der Waals surface area contributed by atoms with E-state index in [1.807, 2.05) is 25.1 Å². The van der Waals surface area contributed by atoms with E-state index in [0.717, 1.165) is 11.1 Å². The van der Waals surface area contributed by atoms with Crippen LogP contribution in [0.4, 0.5) is 10.2 Å². The number of halogens is 1. The first-order chi connectivity index (χ1) is 13.7. The maximum absolute atomic E-state index is 13.9. The third kappa shape index (κ3) is 2.64. The van der Waals surface area contributed by atoms with E-state index in [1.165, 1.54) is 18.5 Å². The van der Waals surface area contributed by atoms with Crippen molar-refractivity contribution in [2.45, 2.75) is 13.0 Å². The van der Waals surface area contributed by atoms with Crippen molar-refractivity contribution in [3.8, 4) is 5.82 Å². The van der Waals surface area contributed by atoms with E-state index >= 15 is 0 Å². The number of hydrogen-bond acceptors (Lipinski definition) is 6. The largest absolute Gasteiger partial charge is 0.360 e. The maximum Gasteiger partial charge on any atom is 0.182 e. The van der Waals surface area contributed by atoms with E-state index in [1.54, 1.807) is 23.3 Å². The number of aromatic amines is 1. The summed E-state index contributed by atoms with van der Waals surface area (Å²) in [6, 6.07) is 9.94. The standard InChI is InChI=1S/C19H15FN8/c1-11(26-19-17-18(23-9-22-17)24-10-25-19)16-13-6-5-12(20)8-14(13)28(27-16)15-4-2-3-7-21-15/h2-11H,1H3,(H2,22,23,24,25,26). The van der Waals surface area contributed by atoms with Gasteiger partial charge < -0.3 is 10.3 Å². The molecular weight excluding hydrogens is 359 g/mol. The number of rotatable bonds is 4. The molecule has 2 N–H and O–H groups in total. The highest BCUT2D eigenvalue weighted by molar-refractivity contribution is 5.85. The molecule has 0 aliphatic heterocycles. The second-order valence-corrected chi connectivity index (χ2v) is 6.34. The molecule has 8 nitrogen and oxygen atoms in total. The number of hydrogen-bond donors (Lipinski definition) is 2. The number of aromatic nitrogens is 7. The predicted octanol–water partition coefficient (Wildman–Crippen LogP) is 3.40.